The van der Waals surface area contributed by atoms with E-state index in [1.165, 1.54) is 18.6 Å². The highest BCUT2D eigenvalue weighted by molar-refractivity contribution is 7.89. The topological polar surface area (TPSA) is 74.8 Å². The zero-order chi connectivity index (χ0) is 16.0. The first-order valence-electron chi connectivity index (χ1n) is 6.45. The maximum atomic E-state index is 12.7. The molecule has 1 aromatic heterocycles. The van der Waals surface area contributed by atoms with E-state index in [-0.39, 0.29) is 10.9 Å². The lowest BCUT2D eigenvalue weighted by Gasteiger charge is -2.09. The van der Waals surface area contributed by atoms with Gasteiger partial charge in [-0.05, 0) is 18.1 Å². The summed E-state index contributed by atoms with van der Waals surface area (Å²) in [5.41, 5.74) is -0.251. The molecule has 2 atom stereocenters. The van der Waals surface area contributed by atoms with Gasteiger partial charge >= 0.3 is 6.18 Å². The van der Waals surface area contributed by atoms with Crippen LogP contribution in [-0.2, 0) is 16.2 Å². The van der Waals surface area contributed by atoms with Gasteiger partial charge in [0.25, 0.3) is 10.0 Å². The molecule has 5 nitrogen and oxygen atoms in total. The van der Waals surface area contributed by atoms with Gasteiger partial charge in [-0.2, -0.15) is 13.2 Å². The summed E-state index contributed by atoms with van der Waals surface area (Å²) in [7, 11) is -3.72. The van der Waals surface area contributed by atoms with Crippen LogP contribution in [-0.4, -0.2) is 24.4 Å². The number of rotatable bonds is 4. The number of sulfonamides is 1. The normalized spacial score (nSPS) is 21.8. The SMILES string of the molecule is O=S(=O)(NC1CC1c1cccc(C(F)(F)F)c1)c1cnc[nH]1. The molecule has 0 radical (unpaired) electrons. The highest BCUT2D eigenvalue weighted by Gasteiger charge is 2.42. The zero-order valence-corrected chi connectivity index (χ0v) is 11.9. The van der Waals surface area contributed by atoms with Crippen LogP contribution in [0.25, 0.3) is 0 Å². The Morgan fingerprint density at radius 2 is 2.09 bits per heavy atom. The predicted molar refractivity (Wildman–Crippen MR) is 71.5 cm³/mol. The number of imidazole rings is 1. The molecule has 1 aromatic carbocycles. The Kier molecular flexibility index (Phi) is 3.48. The van der Waals surface area contributed by atoms with Gasteiger partial charge in [0.2, 0.25) is 0 Å². The molecule has 1 saturated carbocycles. The quantitative estimate of drug-likeness (QED) is 0.902. The van der Waals surface area contributed by atoms with Crippen molar-refractivity contribution < 1.29 is 21.6 Å². The Morgan fingerprint density at radius 1 is 1.32 bits per heavy atom. The maximum absolute atomic E-state index is 12.7. The van der Waals surface area contributed by atoms with Crippen LogP contribution in [0.1, 0.15) is 23.5 Å². The van der Waals surface area contributed by atoms with E-state index in [1.54, 1.807) is 6.07 Å². The van der Waals surface area contributed by atoms with Gasteiger partial charge in [-0.15, -0.1) is 0 Å². The smallest absolute Gasteiger partial charge is 0.335 e. The van der Waals surface area contributed by atoms with Crippen LogP contribution in [0.3, 0.4) is 0 Å². The molecule has 9 heteroatoms. The summed E-state index contributed by atoms with van der Waals surface area (Å²) in [5, 5.41) is -0.0674. The van der Waals surface area contributed by atoms with Crippen molar-refractivity contribution in [3.63, 3.8) is 0 Å². The maximum Gasteiger partial charge on any atom is 0.416 e. The largest absolute Gasteiger partial charge is 0.416 e. The fraction of sp³-hybridized carbons (Fsp3) is 0.308. The van der Waals surface area contributed by atoms with Crippen molar-refractivity contribution in [2.75, 3.05) is 0 Å². The van der Waals surface area contributed by atoms with E-state index < -0.39 is 27.8 Å². The third-order valence-electron chi connectivity index (χ3n) is 3.50. The van der Waals surface area contributed by atoms with Crippen molar-refractivity contribution in [1.82, 2.24) is 14.7 Å². The van der Waals surface area contributed by atoms with Gasteiger partial charge in [0.15, 0.2) is 5.03 Å². The second-order valence-corrected chi connectivity index (χ2v) is 6.79. The van der Waals surface area contributed by atoms with Crippen LogP contribution in [0.5, 0.6) is 0 Å². The first kappa shape index (κ1) is 15.0. The molecule has 1 heterocycles. The number of nitrogens with zero attached hydrogens (tertiary/aromatic N) is 1. The van der Waals surface area contributed by atoms with Gasteiger partial charge in [0.05, 0.1) is 18.1 Å². The molecule has 1 aliphatic rings. The summed E-state index contributed by atoms with van der Waals surface area (Å²) in [6.07, 6.45) is -1.53. The average Bonchev–Trinajstić information content (AvgIpc) is 2.97. The minimum Gasteiger partial charge on any atom is -0.335 e. The lowest BCUT2D eigenvalue weighted by molar-refractivity contribution is -0.137. The Labute approximate surface area is 124 Å². The highest BCUT2D eigenvalue weighted by Crippen LogP contribution is 2.43. The summed E-state index contributed by atoms with van der Waals surface area (Å²) >= 11 is 0. The summed E-state index contributed by atoms with van der Waals surface area (Å²) in [4.78, 5) is 6.12. The number of benzene rings is 1. The Hall–Kier alpha value is -1.87. The number of aromatic nitrogens is 2. The molecule has 0 aliphatic heterocycles. The summed E-state index contributed by atoms with van der Waals surface area (Å²) in [6.45, 7) is 0. The molecule has 118 valence electrons. The standard InChI is InChI=1S/C13H12F3N3O2S/c14-13(15,16)9-3-1-2-8(4-9)10-5-11(10)19-22(20,21)12-6-17-7-18-12/h1-4,6-7,10-11,19H,5H2,(H,17,18). The van der Waals surface area contributed by atoms with E-state index in [2.05, 4.69) is 14.7 Å². The number of H-pyrrole nitrogens is 1. The third kappa shape index (κ3) is 3.00. The first-order valence-corrected chi connectivity index (χ1v) is 7.93. The van der Waals surface area contributed by atoms with Crippen LogP contribution in [0.2, 0.25) is 0 Å². The van der Waals surface area contributed by atoms with Crippen molar-refractivity contribution in [3.05, 3.63) is 47.9 Å². The summed E-state index contributed by atoms with van der Waals surface area (Å²) in [6, 6.07) is 4.56. The van der Waals surface area contributed by atoms with Crippen LogP contribution in [0.4, 0.5) is 13.2 Å². The lowest BCUT2D eigenvalue weighted by atomic mass is 10.1. The van der Waals surface area contributed by atoms with Crippen LogP contribution in [0.15, 0.2) is 41.8 Å². The monoisotopic (exact) mass is 331 g/mol. The molecule has 2 N–H and O–H groups in total. The molecule has 0 amide bonds. The van der Waals surface area contributed by atoms with Crippen molar-refractivity contribution in [2.24, 2.45) is 0 Å². The van der Waals surface area contributed by atoms with Crippen LogP contribution < -0.4 is 4.72 Å². The molecule has 0 bridgehead atoms. The van der Waals surface area contributed by atoms with E-state index in [0.29, 0.717) is 12.0 Å². The third-order valence-corrected chi connectivity index (χ3v) is 4.92. The van der Waals surface area contributed by atoms with Gasteiger partial charge in [-0.1, -0.05) is 18.2 Å². The first-order chi connectivity index (χ1) is 10.3. The average molecular weight is 331 g/mol. The van der Waals surface area contributed by atoms with Crippen molar-refractivity contribution in [1.29, 1.82) is 0 Å². The number of nitrogens with one attached hydrogen (secondary N) is 2. The molecule has 0 spiro atoms. The molecule has 2 unspecified atom stereocenters. The van der Waals surface area contributed by atoms with E-state index >= 15 is 0 Å². The fourth-order valence-corrected chi connectivity index (χ4v) is 3.49. The molecular formula is C13H12F3N3O2S. The van der Waals surface area contributed by atoms with Crippen molar-refractivity contribution >= 4 is 10.0 Å². The van der Waals surface area contributed by atoms with Gasteiger partial charge < -0.3 is 4.98 Å². The number of hydrogen-bond acceptors (Lipinski definition) is 3. The van der Waals surface area contributed by atoms with E-state index in [0.717, 1.165) is 12.1 Å². The van der Waals surface area contributed by atoms with Gasteiger partial charge in [0.1, 0.15) is 0 Å². The van der Waals surface area contributed by atoms with E-state index in [9.17, 15) is 21.6 Å². The van der Waals surface area contributed by atoms with Gasteiger partial charge in [0, 0.05) is 12.0 Å². The second-order valence-electron chi connectivity index (χ2n) is 5.11. The predicted octanol–water partition coefficient (Wildman–Crippen LogP) is 2.26. The Balaban J connectivity index is 1.73. The Bertz CT molecular complexity index is 772. The van der Waals surface area contributed by atoms with E-state index in [1.807, 2.05) is 0 Å². The number of halogens is 3. The molecule has 1 fully saturated rings. The number of aromatic amines is 1. The molecular weight excluding hydrogens is 319 g/mol. The summed E-state index contributed by atoms with van der Waals surface area (Å²) in [5.74, 6) is -0.250. The number of alkyl halides is 3. The summed E-state index contributed by atoms with van der Waals surface area (Å²) < 4.78 is 64.5. The second kappa shape index (κ2) is 5.10. The highest BCUT2D eigenvalue weighted by atomic mass is 32.2. The zero-order valence-electron chi connectivity index (χ0n) is 11.1. The molecule has 22 heavy (non-hydrogen) atoms. The molecule has 1 aliphatic carbocycles. The molecule has 3 rings (SSSR count). The lowest BCUT2D eigenvalue weighted by Crippen LogP contribution is -2.27. The van der Waals surface area contributed by atoms with Crippen molar-refractivity contribution in [3.8, 4) is 0 Å². The van der Waals surface area contributed by atoms with E-state index in [4.69, 9.17) is 0 Å². The minimum absolute atomic E-state index is 0.0674. The van der Waals surface area contributed by atoms with Crippen LogP contribution >= 0.6 is 0 Å². The Morgan fingerprint density at radius 3 is 2.73 bits per heavy atom. The van der Waals surface area contributed by atoms with Crippen molar-refractivity contribution in [2.45, 2.75) is 29.6 Å². The van der Waals surface area contributed by atoms with Crippen LogP contribution in [0, 0.1) is 0 Å². The fourth-order valence-electron chi connectivity index (χ4n) is 2.29. The van der Waals surface area contributed by atoms with Gasteiger partial charge in [-0.3, -0.25) is 0 Å². The molecule has 0 saturated heterocycles. The number of hydrogen-bond donors (Lipinski definition) is 2. The van der Waals surface area contributed by atoms with Gasteiger partial charge in [-0.25, -0.2) is 18.1 Å². The minimum atomic E-state index is -4.41. The molecule has 2 aromatic rings.